The molecule has 24 heteroatoms. The second-order valence-electron chi connectivity index (χ2n) is 12.4. The normalized spacial score (nSPS) is 24.3. The Hall–Kier alpha value is -0.630. The van der Waals surface area contributed by atoms with Gasteiger partial charge < -0.3 is 75.8 Å². The maximum Gasteiger partial charge on any atom is 1.00 e. The number of carboxylic acids is 1. The number of nitrogens with one attached hydrogen (secondary N) is 2. The summed E-state index contributed by atoms with van der Waals surface area (Å²) in [7, 11) is -4.42. The Morgan fingerprint density at radius 1 is 0.969 bits per heavy atom. The van der Waals surface area contributed by atoms with Gasteiger partial charge in [0.05, 0.1) is 31.9 Å². The van der Waals surface area contributed by atoms with E-state index in [-0.39, 0.29) is 71.5 Å². The van der Waals surface area contributed by atoms with Crippen LogP contribution in [0.25, 0.3) is 0 Å². The molecule has 1 aromatic rings. The van der Waals surface area contributed by atoms with Crippen molar-refractivity contribution in [3.63, 3.8) is 0 Å². The molecule has 10 N–H and O–H groups in total. The van der Waals surface area contributed by atoms with E-state index in [1.165, 1.54) is 45.2 Å². The zero-order valence-corrected chi connectivity index (χ0v) is 46.8. The third-order valence-corrected chi connectivity index (χ3v) is 8.57. The van der Waals surface area contributed by atoms with Gasteiger partial charge in [-0.2, -0.15) is 4.98 Å². The van der Waals surface area contributed by atoms with Gasteiger partial charge in [0.25, 0.3) is 7.82 Å². The minimum absolute atomic E-state index is 0. The van der Waals surface area contributed by atoms with Crippen molar-refractivity contribution < 1.29 is 132 Å². The number of hydrogen-bond acceptors (Lipinski definition) is 19. The molecule has 2 aliphatic rings. The third-order valence-electron chi connectivity index (χ3n) is 7.59. The first kappa shape index (κ1) is 77.6. The van der Waals surface area contributed by atoms with E-state index in [1.807, 2.05) is 55.4 Å². The predicted octanol–water partition coefficient (Wildman–Crippen LogP) is -4.90. The number of likely N-dealkylation sites (N-methyl/N-ethyl adjacent to an activating group) is 1. The molecule has 11 atom stereocenters. The van der Waals surface area contributed by atoms with E-state index >= 15 is 0 Å². The molecule has 0 bridgehead atoms. The van der Waals surface area contributed by atoms with Crippen LogP contribution >= 0.6 is 7.82 Å². The van der Waals surface area contributed by atoms with Gasteiger partial charge in [-0.25, -0.2) is 4.79 Å². The van der Waals surface area contributed by atoms with Crippen LogP contribution in [-0.4, -0.2) is 133 Å². The van der Waals surface area contributed by atoms with Crippen molar-refractivity contribution in [2.24, 2.45) is 0 Å². The molecule has 1 amide bonds. The average Bonchev–Trinajstić information content (AvgIpc) is 3.55. The molecule has 0 spiro atoms. The van der Waals surface area contributed by atoms with Crippen molar-refractivity contribution in [1.29, 1.82) is 0 Å². The average molecular weight is 968 g/mol. The van der Waals surface area contributed by atoms with Gasteiger partial charge in [0, 0.05) is 12.6 Å². The zero-order valence-electron chi connectivity index (χ0n) is 41.9. The Balaban J connectivity index is -0.000000267. The molecule has 21 nitrogen and oxygen atoms in total. The first-order valence-corrected chi connectivity index (χ1v) is 23.3. The molecule has 372 valence electrons. The van der Waals surface area contributed by atoms with Crippen LogP contribution in [0.2, 0.25) is 0 Å². The second kappa shape index (κ2) is 46.1. The summed E-state index contributed by atoms with van der Waals surface area (Å²) in [5, 5.41) is 77.8. The third kappa shape index (κ3) is 29.3. The maximum absolute atomic E-state index is 12.7. The standard InChI is InChI=1S/C21H34N5O16P.2C4H10.C3H8.4C2H6.2Na/c1-23-5-12(30)25-13-8(28)4-21(19(34)35,41-17(13)14(31)9(29)6-27)42-43(37,38)39-7-10-15(32)16(33)18(40-10)26-3-2-11(22)24-20(26)36;2*1-3-4-2;1-3-2;4*1-2;;/h2-3,8-10,13-18,23,27-29,31-33H,4-7H2,1H3,(H,25,30)(H,34,35)(H,37,38)(H2,22,24,36);2*3-4H2,1-2H3;3H2,1-2H3;4*1-2H3;;/q;;;;;;;;2*+1/p-2/t8?,9-,10?,13?,14-,15?,16?,17?,18?,21?;;;;;;;;;/m1........./s1. The molecule has 9 unspecified atom stereocenters. The zero-order chi connectivity index (χ0) is 49.8. The number of hydrogen-bond donors (Lipinski definition) is 9. The van der Waals surface area contributed by atoms with Gasteiger partial charge in [-0.15, -0.1) is 0 Å². The number of phosphoric ester groups is 1. The largest absolute Gasteiger partial charge is 1.00 e. The van der Waals surface area contributed by atoms with Crippen molar-refractivity contribution in [1.82, 2.24) is 20.2 Å². The molecule has 2 saturated heterocycles. The molecule has 2 aliphatic heterocycles. The number of nitrogen functional groups attached to an aromatic ring is 1. The van der Waals surface area contributed by atoms with E-state index < -0.39 is 106 Å². The number of phosphoric acid groups is 1. The van der Waals surface area contributed by atoms with Crippen LogP contribution in [0, 0.1) is 0 Å². The Morgan fingerprint density at radius 2 is 1.44 bits per heavy atom. The summed E-state index contributed by atoms with van der Waals surface area (Å²) in [4.78, 5) is 52.5. The topological polar surface area (TPSA) is 341 Å². The molecular weight excluding hydrogens is 883 g/mol. The first-order chi connectivity index (χ1) is 29.3. The molecule has 0 radical (unpaired) electrons. The fraction of sp³-hybridized carbons (Fsp3) is 0.850. The summed E-state index contributed by atoms with van der Waals surface area (Å²) in [5.41, 5.74) is 4.44. The molecule has 2 fully saturated rings. The quantitative estimate of drug-likeness (QED) is 0.0588. The molecule has 3 rings (SSSR count). The number of unbranched alkanes of at least 4 members (excludes halogenated alkanes) is 2. The van der Waals surface area contributed by atoms with Crippen LogP contribution in [-0.2, 0) is 32.7 Å². The minimum Gasteiger partial charge on any atom is -0.756 e. The molecule has 64 heavy (non-hydrogen) atoms. The number of amides is 1. The molecule has 3 heterocycles. The van der Waals surface area contributed by atoms with Crippen LogP contribution in [0.3, 0.4) is 0 Å². The summed E-state index contributed by atoms with van der Waals surface area (Å²) >= 11 is 0. The van der Waals surface area contributed by atoms with E-state index in [2.05, 4.69) is 66.2 Å². The Kier molecular flexibility index (Phi) is 55.9. The molecule has 0 aliphatic carbocycles. The van der Waals surface area contributed by atoms with Gasteiger partial charge in [-0.3, -0.25) is 18.5 Å². The fourth-order valence-electron chi connectivity index (χ4n) is 4.46. The molecular formula is C40H84N5Na2O16P. The number of rotatable bonds is 15. The number of aliphatic hydroxyl groups is 6. The Morgan fingerprint density at radius 3 is 1.83 bits per heavy atom. The number of ether oxygens (including phenoxy) is 2. The maximum atomic E-state index is 12.7. The number of carbonyl (C=O) groups is 2. The predicted molar refractivity (Wildman–Crippen MR) is 234 cm³/mol. The summed E-state index contributed by atoms with van der Waals surface area (Å²) in [5.74, 6) is -6.72. The summed E-state index contributed by atoms with van der Waals surface area (Å²) in [6, 6.07) is -0.460. The van der Waals surface area contributed by atoms with Crippen LogP contribution < -0.4 is 91.2 Å². The summed E-state index contributed by atoms with van der Waals surface area (Å²) < 4.78 is 33.3. The van der Waals surface area contributed by atoms with Crippen LogP contribution in [0.1, 0.15) is 142 Å². The monoisotopic (exact) mass is 968 g/mol. The van der Waals surface area contributed by atoms with E-state index in [0.717, 1.165) is 10.8 Å². The van der Waals surface area contributed by atoms with Gasteiger partial charge in [-0.05, 0) is 13.1 Å². The molecule has 0 aromatic carbocycles. The van der Waals surface area contributed by atoms with E-state index in [4.69, 9.17) is 15.2 Å². The number of aliphatic hydroxyl groups excluding tert-OH is 6. The second-order valence-corrected chi connectivity index (χ2v) is 13.7. The van der Waals surface area contributed by atoms with E-state index in [0.29, 0.717) is 0 Å². The number of carbonyl (C=O) groups excluding carboxylic acids is 2. The number of anilines is 1. The van der Waals surface area contributed by atoms with Crippen molar-refractivity contribution in [3.05, 3.63) is 22.7 Å². The van der Waals surface area contributed by atoms with Gasteiger partial charge in [0.2, 0.25) is 11.7 Å². The van der Waals surface area contributed by atoms with Crippen LogP contribution in [0.5, 0.6) is 0 Å². The summed E-state index contributed by atoms with van der Waals surface area (Å²) in [6.07, 6.45) is -8.72. The Labute approximate surface area is 426 Å². The van der Waals surface area contributed by atoms with E-state index in [1.54, 1.807) is 0 Å². The summed E-state index contributed by atoms with van der Waals surface area (Å²) in [6.45, 7) is 26.5. The van der Waals surface area contributed by atoms with Crippen molar-refractivity contribution in [2.75, 3.05) is 32.5 Å². The van der Waals surface area contributed by atoms with E-state index in [9.17, 15) is 59.6 Å². The molecule has 0 saturated carbocycles. The SMILES string of the molecule is CC.CC.CC.CC.CCC.CCCC.CCCC.CNCC(=O)NC1C(O)CC(OP(=O)([O-])OCC2OC(n3ccc(N)nc3=O)C(O)C2O)(C(=O)[O-])OC1[C@H](O)[C@H](O)CO.[Na+].[Na+]. The molecule has 1 aromatic heterocycles. The van der Waals surface area contributed by atoms with Crippen molar-refractivity contribution in [2.45, 2.75) is 196 Å². The number of aromatic nitrogens is 2. The smallest absolute Gasteiger partial charge is 0.756 e. The van der Waals surface area contributed by atoms with Crippen molar-refractivity contribution >= 4 is 25.5 Å². The number of nitrogens with zero attached hydrogens (tertiary/aromatic N) is 2. The van der Waals surface area contributed by atoms with Crippen LogP contribution in [0.4, 0.5) is 5.82 Å². The van der Waals surface area contributed by atoms with Gasteiger partial charge in [-0.1, -0.05) is 129 Å². The van der Waals surface area contributed by atoms with Gasteiger partial charge >= 0.3 is 64.8 Å². The fourth-order valence-corrected chi connectivity index (χ4v) is 5.40. The van der Waals surface area contributed by atoms with Gasteiger partial charge in [0.15, 0.2) is 6.23 Å². The minimum atomic E-state index is -5.83. The van der Waals surface area contributed by atoms with Gasteiger partial charge in [0.1, 0.15) is 48.4 Å². The van der Waals surface area contributed by atoms with Crippen molar-refractivity contribution in [3.8, 4) is 0 Å². The number of carboxylic acid groups (broad SMARTS) is 1. The number of nitrogens with two attached hydrogens (primary N) is 1. The van der Waals surface area contributed by atoms with Crippen LogP contribution in [0.15, 0.2) is 17.1 Å². The Bertz CT molecular complexity index is 1350. The number of aliphatic carboxylic acids is 1. The first-order valence-electron chi connectivity index (χ1n) is 21.8.